The predicted octanol–water partition coefficient (Wildman–Crippen LogP) is 4.89. The van der Waals surface area contributed by atoms with Crippen molar-refractivity contribution in [3.63, 3.8) is 0 Å². The highest BCUT2D eigenvalue weighted by Gasteiger charge is 2.20. The molecule has 2 aromatic rings. The standard InChI is InChI=1S/C17H21N/c1-13-6-5-7-15(12-13)17-11-10-14(2)18(17)16-8-3-4-9-16/h5-7,10-12,16H,3-4,8-9H2,1-2H3. The summed E-state index contributed by atoms with van der Waals surface area (Å²) in [5.41, 5.74) is 5.49. The fourth-order valence-corrected chi connectivity index (χ4v) is 3.24. The van der Waals surface area contributed by atoms with E-state index in [-0.39, 0.29) is 0 Å². The summed E-state index contributed by atoms with van der Waals surface area (Å²) < 4.78 is 2.56. The van der Waals surface area contributed by atoms with Gasteiger partial charge in [-0.3, -0.25) is 0 Å². The van der Waals surface area contributed by atoms with Gasteiger partial charge >= 0.3 is 0 Å². The van der Waals surface area contributed by atoms with Crippen LogP contribution in [0.4, 0.5) is 0 Å². The highest BCUT2D eigenvalue weighted by molar-refractivity contribution is 5.62. The molecule has 0 N–H and O–H groups in total. The fraction of sp³-hybridized carbons (Fsp3) is 0.412. The molecule has 18 heavy (non-hydrogen) atoms. The zero-order valence-corrected chi connectivity index (χ0v) is 11.3. The lowest BCUT2D eigenvalue weighted by Gasteiger charge is -2.19. The minimum Gasteiger partial charge on any atom is -0.342 e. The molecule has 1 saturated carbocycles. The molecule has 0 bridgehead atoms. The van der Waals surface area contributed by atoms with Crippen molar-refractivity contribution < 1.29 is 0 Å². The van der Waals surface area contributed by atoms with E-state index in [0.29, 0.717) is 0 Å². The molecule has 1 aromatic heterocycles. The van der Waals surface area contributed by atoms with Gasteiger partial charge in [0.15, 0.2) is 0 Å². The lowest BCUT2D eigenvalue weighted by Crippen LogP contribution is -2.07. The quantitative estimate of drug-likeness (QED) is 0.703. The molecule has 1 aliphatic carbocycles. The molecule has 0 spiro atoms. The number of hydrogen-bond donors (Lipinski definition) is 0. The van der Waals surface area contributed by atoms with Gasteiger partial charge in [0, 0.05) is 17.4 Å². The third kappa shape index (κ3) is 1.98. The molecule has 0 radical (unpaired) electrons. The van der Waals surface area contributed by atoms with Crippen molar-refractivity contribution in [2.45, 2.75) is 45.6 Å². The Morgan fingerprint density at radius 3 is 2.50 bits per heavy atom. The average molecular weight is 239 g/mol. The smallest absolute Gasteiger partial charge is 0.0485 e. The fourth-order valence-electron chi connectivity index (χ4n) is 3.24. The highest BCUT2D eigenvalue weighted by atomic mass is 15.0. The Hall–Kier alpha value is -1.50. The zero-order valence-electron chi connectivity index (χ0n) is 11.3. The summed E-state index contributed by atoms with van der Waals surface area (Å²) in [6.07, 6.45) is 5.45. The van der Waals surface area contributed by atoms with Crippen molar-refractivity contribution in [1.29, 1.82) is 0 Å². The largest absolute Gasteiger partial charge is 0.342 e. The molecule has 3 rings (SSSR count). The van der Waals surface area contributed by atoms with Crippen LogP contribution in [0.2, 0.25) is 0 Å². The van der Waals surface area contributed by atoms with Crippen LogP contribution in [0, 0.1) is 13.8 Å². The lowest BCUT2D eigenvalue weighted by molar-refractivity contribution is 0.515. The summed E-state index contributed by atoms with van der Waals surface area (Å²) >= 11 is 0. The van der Waals surface area contributed by atoms with Crippen molar-refractivity contribution >= 4 is 0 Å². The Morgan fingerprint density at radius 2 is 1.78 bits per heavy atom. The average Bonchev–Trinajstić information content (AvgIpc) is 2.97. The molecule has 1 nitrogen and oxygen atoms in total. The van der Waals surface area contributed by atoms with Gasteiger partial charge in [0.25, 0.3) is 0 Å². The number of nitrogens with zero attached hydrogens (tertiary/aromatic N) is 1. The van der Waals surface area contributed by atoms with Crippen LogP contribution in [0.1, 0.15) is 43.0 Å². The number of hydrogen-bond acceptors (Lipinski definition) is 0. The van der Waals surface area contributed by atoms with Crippen LogP contribution >= 0.6 is 0 Å². The maximum Gasteiger partial charge on any atom is 0.0485 e. The molecule has 1 heteroatoms. The second-order valence-corrected chi connectivity index (χ2v) is 5.54. The van der Waals surface area contributed by atoms with Crippen LogP contribution in [0.15, 0.2) is 36.4 Å². The number of aromatic nitrogens is 1. The summed E-state index contributed by atoms with van der Waals surface area (Å²) in [7, 11) is 0. The van der Waals surface area contributed by atoms with Crippen LogP contribution < -0.4 is 0 Å². The summed E-state index contributed by atoms with van der Waals surface area (Å²) in [5.74, 6) is 0. The molecule has 94 valence electrons. The van der Waals surface area contributed by atoms with Gasteiger partial charge in [0.1, 0.15) is 0 Å². The predicted molar refractivity (Wildman–Crippen MR) is 76.8 cm³/mol. The zero-order chi connectivity index (χ0) is 12.5. The number of aryl methyl sites for hydroxylation is 2. The van der Waals surface area contributed by atoms with E-state index in [9.17, 15) is 0 Å². The van der Waals surface area contributed by atoms with E-state index < -0.39 is 0 Å². The molecular formula is C17H21N. The van der Waals surface area contributed by atoms with Gasteiger partial charge in [0.2, 0.25) is 0 Å². The Morgan fingerprint density at radius 1 is 1.00 bits per heavy atom. The Labute approximate surface area is 109 Å². The van der Waals surface area contributed by atoms with E-state index >= 15 is 0 Å². The molecule has 0 aliphatic heterocycles. The molecule has 0 saturated heterocycles. The third-order valence-electron chi connectivity index (χ3n) is 4.13. The maximum absolute atomic E-state index is 2.56. The highest BCUT2D eigenvalue weighted by Crippen LogP contribution is 2.35. The van der Waals surface area contributed by atoms with E-state index in [0.717, 1.165) is 6.04 Å². The van der Waals surface area contributed by atoms with Crippen LogP contribution in [-0.4, -0.2) is 4.57 Å². The van der Waals surface area contributed by atoms with Gasteiger partial charge in [-0.05, 0) is 50.5 Å². The van der Waals surface area contributed by atoms with Gasteiger partial charge in [-0.2, -0.15) is 0 Å². The topological polar surface area (TPSA) is 4.93 Å². The molecule has 1 heterocycles. The molecule has 1 aromatic carbocycles. The number of benzene rings is 1. The van der Waals surface area contributed by atoms with E-state index in [4.69, 9.17) is 0 Å². The van der Waals surface area contributed by atoms with Crippen LogP contribution in [-0.2, 0) is 0 Å². The second kappa shape index (κ2) is 4.64. The first-order valence-corrected chi connectivity index (χ1v) is 7.00. The molecule has 1 aliphatic rings. The van der Waals surface area contributed by atoms with Crippen molar-refractivity contribution in [2.24, 2.45) is 0 Å². The van der Waals surface area contributed by atoms with Crippen LogP contribution in [0.5, 0.6) is 0 Å². The minimum absolute atomic E-state index is 0.718. The Bertz CT molecular complexity index is 544. The molecule has 0 atom stereocenters. The van der Waals surface area contributed by atoms with Crippen molar-refractivity contribution in [2.75, 3.05) is 0 Å². The first kappa shape index (κ1) is 11.6. The number of rotatable bonds is 2. The van der Waals surface area contributed by atoms with Crippen molar-refractivity contribution in [1.82, 2.24) is 4.57 Å². The third-order valence-corrected chi connectivity index (χ3v) is 4.13. The lowest BCUT2D eigenvalue weighted by atomic mass is 10.1. The Balaban J connectivity index is 2.07. The van der Waals surface area contributed by atoms with Gasteiger partial charge in [-0.15, -0.1) is 0 Å². The summed E-state index contributed by atoms with van der Waals surface area (Å²) in [4.78, 5) is 0. The first-order chi connectivity index (χ1) is 8.75. The van der Waals surface area contributed by atoms with Gasteiger partial charge in [0.05, 0.1) is 0 Å². The summed E-state index contributed by atoms with van der Waals surface area (Å²) in [6, 6.07) is 14.1. The first-order valence-electron chi connectivity index (χ1n) is 7.00. The van der Waals surface area contributed by atoms with E-state index in [1.807, 2.05) is 0 Å². The minimum atomic E-state index is 0.718. The maximum atomic E-state index is 2.56. The monoisotopic (exact) mass is 239 g/mol. The molecule has 0 unspecified atom stereocenters. The molecule has 1 fully saturated rings. The van der Waals surface area contributed by atoms with Crippen LogP contribution in [0.3, 0.4) is 0 Å². The SMILES string of the molecule is Cc1cccc(-c2ccc(C)n2C2CCCC2)c1. The normalized spacial score (nSPS) is 16.3. The van der Waals surface area contributed by atoms with Gasteiger partial charge < -0.3 is 4.57 Å². The van der Waals surface area contributed by atoms with E-state index in [1.165, 1.54) is 48.2 Å². The summed E-state index contributed by atoms with van der Waals surface area (Å²) in [5, 5.41) is 0. The van der Waals surface area contributed by atoms with E-state index in [1.54, 1.807) is 0 Å². The van der Waals surface area contributed by atoms with Crippen molar-refractivity contribution in [3.05, 3.63) is 47.7 Å². The van der Waals surface area contributed by atoms with Gasteiger partial charge in [-0.1, -0.05) is 36.6 Å². The van der Waals surface area contributed by atoms with Crippen LogP contribution in [0.25, 0.3) is 11.3 Å². The Kier molecular flexibility index (Phi) is 2.99. The second-order valence-electron chi connectivity index (χ2n) is 5.54. The summed E-state index contributed by atoms with van der Waals surface area (Å²) in [6.45, 7) is 4.40. The van der Waals surface area contributed by atoms with E-state index in [2.05, 4.69) is 54.8 Å². The van der Waals surface area contributed by atoms with Crippen molar-refractivity contribution in [3.8, 4) is 11.3 Å². The van der Waals surface area contributed by atoms with Gasteiger partial charge in [-0.25, -0.2) is 0 Å². The molecule has 0 amide bonds. The molecular weight excluding hydrogens is 218 g/mol.